The maximum Gasteiger partial charge on any atom is 0.0104 e. The van der Waals surface area contributed by atoms with Crippen LogP contribution in [0, 0.1) is 29.6 Å². The van der Waals surface area contributed by atoms with Crippen LogP contribution < -0.4 is 5.32 Å². The molecule has 7 unspecified atom stereocenters. The van der Waals surface area contributed by atoms with Crippen molar-refractivity contribution in [3.05, 3.63) is 0 Å². The molecule has 0 heterocycles. The van der Waals surface area contributed by atoms with E-state index in [1.807, 2.05) is 0 Å². The van der Waals surface area contributed by atoms with E-state index in [0.717, 1.165) is 41.7 Å². The van der Waals surface area contributed by atoms with Gasteiger partial charge in [0.15, 0.2) is 0 Å². The summed E-state index contributed by atoms with van der Waals surface area (Å²) in [6.45, 7) is 2.35. The molecule has 4 fully saturated rings. The third kappa shape index (κ3) is 1.33. The average molecular weight is 219 g/mol. The van der Waals surface area contributed by atoms with Gasteiger partial charge in [-0.3, -0.25) is 0 Å². The lowest BCUT2D eigenvalue weighted by molar-refractivity contribution is 0.206. The van der Waals surface area contributed by atoms with Crippen LogP contribution in [0.1, 0.15) is 51.9 Å². The van der Waals surface area contributed by atoms with E-state index < -0.39 is 0 Å². The normalized spacial score (nSPS) is 57.9. The molecule has 0 saturated heterocycles. The minimum Gasteiger partial charge on any atom is -0.311 e. The first kappa shape index (κ1) is 9.94. The molecule has 7 atom stereocenters. The molecule has 90 valence electrons. The first-order chi connectivity index (χ1) is 7.86. The lowest BCUT2D eigenvalue weighted by atomic mass is 9.79. The third-order valence-electron chi connectivity index (χ3n) is 6.30. The van der Waals surface area contributed by atoms with Crippen molar-refractivity contribution in [2.75, 3.05) is 0 Å². The maximum absolute atomic E-state index is 4.00. The van der Waals surface area contributed by atoms with E-state index in [4.69, 9.17) is 0 Å². The van der Waals surface area contributed by atoms with E-state index in [0.29, 0.717) is 0 Å². The van der Waals surface area contributed by atoms with Gasteiger partial charge in [0.1, 0.15) is 0 Å². The maximum atomic E-state index is 4.00. The molecule has 4 aliphatic carbocycles. The minimum absolute atomic E-state index is 0.911. The van der Waals surface area contributed by atoms with E-state index in [1.165, 1.54) is 25.7 Å². The molecule has 4 saturated carbocycles. The van der Waals surface area contributed by atoms with Gasteiger partial charge in [-0.1, -0.05) is 19.8 Å². The Morgan fingerprint density at radius 3 is 2.62 bits per heavy atom. The van der Waals surface area contributed by atoms with Gasteiger partial charge < -0.3 is 5.32 Å². The van der Waals surface area contributed by atoms with Crippen LogP contribution in [-0.4, -0.2) is 12.1 Å². The van der Waals surface area contributed by atoms with E-state index in [2.05, 4.69) is 12.2 Å². The Labute approximate surface area is 99.4 Å². The van der Waals surface area contributed by atoms with Gasteiger partial charge in [0.25, 0.3) is 0 Å². The first-order valence-electron chi connectivity index (χ1n) is 7.63. The molecule has 16 heavy (non-hydrogen) atoms. The van der Waals surface area contributed by atoms with E-state index in [1.54, 1.807) is 19.3 Å². The summed E-state index contributed by atoms with van der Waals surface area (Å²) in [6.07, 6.45) is 10.6. The molecule has 1 N–H and O–H groups in total. The highest BCUT2D eigenvalue weighted by molar-refractivity contribution is 5.07. The second-order valence-electron chi connectivity index (χ2n) is 6.94. The fourth-order valence-corrected chi connectivity index (χ4v) is 5.44. The molecule has 4 aliphatic rings. The Hall–Kier alpha value is -0.0400. The zero-order chi connectivity index (χ0) is 10.7. The summed E-state index contributed by atoms with van der Waals surface area (Å²) >= 11 is 0. The van der Waals surface area contributed by atoms with Crippen LogP contribution in [0.3, 0.4) is 0 Å². The van der Waals surface area contributed by atoms with Crippen molar-refractivity contribution in [3.8, 4) is 0 Å². The summed E-state index contributed by atoms with van der Waals surface area (Å²) in [5.74, 6) is 5.52. The van der Waals surface area contributed by atoms with E-state index >= 15 is 0 Å². The monoisotopic (exact) mass is 219 g/mol. The highest BCUT2D eigenvalue weighted by Gasteiger charge is 2.54. The molecule has 0 radical (unpaired) electrons. The SMILES string of the molecule is CCC1CC1NC1CC2CC1C1CCCC21. The quantitative estimate of drug-likeness (QED) is 0.768. The number of nitrogens with one attached hydrogen (secondary N) is 1. The van der Waals surface area contributed by atoms with Crippen LogP contribution in [-0.2, 0) is 0 Å². The van der Waals surface area contributed by atoms with Crippen molar-refractivity contribution in [2.24, 2.45) is 29.6 Å². The summed E-state index contributed by atoms with van der Waals surface area (Å²) in [4.78, 5) is 0. The zero-order valence-corrected chi connectivity index (χ0v) is 10.5. The van der Waals surface area contributed by atoms with Crippen LogP contribution in [0.15, 0.2) is 0 Å². The van der Waals surface area contributed by atoms with Crippen molar-refractivity contribution in [3.63, 3.8) is 0 Å². The second kappa shape index (κ2) is 3.48. The van der Waals surface area contributed by atoms with Gasteiger partial charge in [0, 0.05) is 12.1 Å². The molecule has 0 spiro atoms. The van der Waals surface area contributed by atoms with Crippen molar-refractivity contribution in [1.82, 2.24) is 5.32 Å². The Kier molecular flexibility index (Phi) is 2.16. The summed E-state index contributed by atoms with van der Waals surface area (Å²) in [7, 11) is 0. The molecule has 0 aromatic heterocycles. The average Bonchev–Trinajstić information content (AvgIpc) is 2.70. The van der Waals surface area contributed by atoms with Crippen molar-refractivity contribution >= 4 is 0 Å². The van der Waals surface area contributed by atoms with Crippen molar-refractivity contribution < 1.29 is 0 Å². The lowest BCUT2D eigenvalue weighted by Crippen LogP contribution is -2.40. The Bertz CT molecular complexity index is 287. The smallest absolute Gasteiger partial charge is 0.0104 e. The van der Waals surface area contributed by atoms with E-state index in [9.17, 15) is 0 Å². The lowest BCUT2D eigenvalue weighted by Gasteiger charge is -2.32. The fourth-order valence-electron chi connectivity index (χ4n) is 5.44. The molecule has 0 amide bonds. The molecular weight excluding hydrogens is 194 g/mol. The number of rotatable bonds is 3. The standard InChI is InChI=1S/C15H25N/c1-2-9-7-14(9)16-15-8-10-6-13(15)12-5-3-4-11(10)12/h9-16H,2-8H2,1H3. The highest BCUT2D eigenvalue weighted by atomic mass is 15.0. The molecule has 0 aromatic carbocycles. The Morgan fingerprint density at radius 1 is 0.938 bits per heavy atom. The summed E-state index contributed by atoms with van der Waals surface area (Å²) in [5.41, 5.74) is 0. The molecular formula is C15H25N. The van der Waals surface area contributed by atoms with Crippen LogP contribution >= 0.6 is 0 Å². The third-order valence-corrected chi connectivity index (χ3v) is 6.30. The summed E-state index contributed by atoms with van der Waals surface area (Å²) in [5, 5.41) is 4.00. The van der Waals surface area contributed by atoms with Gasteiger partial charge in [-0.15, -0.1) is 0 Å². The van der Waals surface area contributed by atoms with Gasteiger partial charge in [-0.2, -0.15) is 0 Å². The predicted molar refractivity (Wildman–Crippen MR) is 66.2 cm³/mol. The zero-order valence-electron chi connectivity index (χ0n) is 10.5. The molecule has 2 bridgehead atoms. The van der Waals surface area contributed by atoms with Gasteiger partial charge in [0.05, 0.1) is 0 Å². The Morgan fingerprint density at radius 2 is 1.81 bits per heavy atom. The van der Waals surface area contributed by atoms with Crippen LogP contribution in [0.25, 0.3) is 0 Å². The largest absolute Gasteiger partial charge is 0.311 e. The van der Waals surface area contributed by atoms with Gasteiger partial charge in [-0.05, 0) is 61.7 Å². The van der Waals surface area contributed by atoms with Crippen LogP contribution in [0.2, 0.25) is 0 Å². The van der Waals surface area contributed by atoms with Gasteiger partial charge >= 0.3 is 0 Å². The van der Waals surface area contributed by atoms with Crippen LogP contribution in [0.5, 0.6) is 0 Å². The predicted octanol–water partition coefficient (Wildman–Crippen LogP) is 3.20. The minimum atomic E-state index is 0.911. The summed E-state index contributed by atoms with van der Waals surface area (Å²) < 4.78 is 0. The second-order valence-corrected chi connectivity index (χ2v) is 6.94. The highest BCUT2D eigenvalue weighted by Crippen LogP contribution is 2.59. The number of fused-ring (bicyclic) bond motifs is 5. The summed E-state index contributed by atoms with van der Waals surface area (Å²) in [6, 6.07) is 1.83. The Balaban J connectivity index is 1.41. The molecule has 1 heteroatoms. The van der Waals surface area contributed by atoms with Gasteiger partial charge in [-0.25, -0.2) is 0 Å². The molecule has 1 nitrogen and oxygen atoms in total. The van der Waals surface area contributed by atoms with Crippen molar-refractivity contribution in [2.45, 2.75) is 64.0 Å². The fraction of sp³-hybridized carbons (Fsp3) is 1.00. The van der Waals surface area contributed by atoms with Gasteiger partial charge in [0.2, 0.25) is 0 Å². The molecule has 0 aliphatic heterocycles. The van der Waals surface area contributed by atoms with Crippen molar-refractivity contribution in [1.29, 1.82) is 0 Å². The molecule has 0 aromatic rings. The van der Waals surface area contributed by atoms with Crippen LogP contribution in [0.4, 0.5) is 0 Å². The topological polar surface area (TPSA) is 12.0 Å². The number of hydrogen-bond donors (Lipinski definition) is 1. The number of hydrogen-bond acceptors (Lipinski definition) is 1. The first-order valence-corrected chi connectivity index (χ1v) is 7.63. The molecule has 4 rings (SSSR count). The van der Waals surface area contributed by atoms with E-state index in [-0.39, 0.29) is 0 Å².